The molecule has 2 rings (SSSR count). The van der Waals surface area contributed by atoms with Gasteiger partial charge in [0.15, 0.2) is 23.0 Å². The standard InChI is InChI=1S/C15H16O6S/c1-18-12-6-4-5-7-14(12)21-22(16,17)11-8-9-13(19-2)15(10-11)20-3/h4-10H,1-3H3. The Hall–Kier alpha value is -2.41. The van der Waals surface area contributed by atoms with Crippen LogP contribution >= 0.6 is 0 Å². The van der Waals surface area contributed by atoms with Crippen LogP contribution in [-0.4, -0.2) is 29.7 Å². The molecule has 0 aliphatic heterocycles. The molecule has 0 aliphatic carbocycles. The van der Waals surface area contributed by atoms with Gasteiger partial charge in [0.25, 0.3) is 0 Å². The predicted octanol–water partition coefficient (Wildman–Crippen LogP) is 2.48. The first-order valence-corrected chi connectivity index (χ1v) is 7.72. The van der Waals surface area contributed by atoms with Crippen LogP contribution < -0.4 is 18.4 Å². The molecule has 0 unspecified atom stereocenters. The Kier molecular flexibility index (Phi) is 4.77. The Balaban J connectivity index is 2.38. The molecule has 0 fully saturated rings. The molecular formula is C15H16O6S. The molecule has 0 atom stereocenters. The van der Waals surface area contributed by atoms with Crippen LogP contribution in [0.5, 0.6) is 23.0 Å². The van der Waals surface area contributed by atoms with E-state index in [0.29, 0.717) is 17.2 Å². The fourth-order valence-corrected chi connectivity index (χ4v) is 2.78. The molecule has 22 heavy (non-hydrogen) atoms. The molecule has 0 aromatic heterocycles. The van der Waals surface area contributed by atoms with Crippen LogP contribution in [0.4, 0.5) is 0 Å². The maximum Gasteiger partial charge on any atom is 0.339 e. The fourth-order valence-electron chi connectivity index (χ4n) is 1.83. The largest absolute Gasteiger partial charge is 0.493 e. The monoisotopic (exact) mass is 324 g/mol. The molecule has 6 nitrogen and oxygen atoms in total. The molecule has 0 saturated heterocycles. The number of hydrogen-bond acceptors (Lipinski definition) is 6. The highest BCUT2D eigenvalue weighted by molar-refractivity contribution is 7.87. The zero-order valence-corrected chi connectivity index (χ0v) is 13.2. The van der Waals surface area contributed by atoms with E-state index >= 15 is 0 Å². The second-order valence-electron chi connectivity index (χ2n) is 4.21. The Morgan fingerprint density at radius 3 is 1.86 bits per heavy atom. The summed E-state index contributed by atoms with van der Waals surface area (Å²) < 4.78 is 45.1. The van der Waals surface area contributed by atoms with Crippen LogP contribution in [0, 0.1) is 0 Å². The maximum absolute atomic E-state index is 12.4. The van der Waals surface area contributed by atoms with E-state index in [4.69, 9.17) is 18.4 Å². The summed E-state index contributed by atoms with van der Waals surface area (Å²) in [6.45, 7) is 0. The van der Waals surface area contributed by atoms with Gasteiger partial charge in [-0.2, -0.15) is 8.42 Å². The van der Waals surface area contributed by atoms with Crippen molar-refractivity contribution >= 4 is 10.1 Å². The van der Waals surface area contributed by atoms with Gasteiger partial charge in [0.05, 0.1) is 21.3 Å². The topological polar surface area (TPSA) is 71.1 Å². The average molecular weight is 324 g/mol. The molecule has 0 spiro atoms. The van der Waals surface area contributed by atoms with Crippen LogP contribution in [0.15, 0.2) is 47.4 Å². The van der Waals surface area contributed by atoms with Crippen LogP contribution in [0.2, 0.25) is 0 Å². The normalized spacial score (nSPS) is 10.9. The van der Waals surface area contributed by atoms with E-state index in [9.17, 15) is 8.42 Å². The predicted molar refractivity (Wildman–Crippen MR) is 80.4 cm³/mol. The van der Waals surface area contributed by atoms with Crippen molar-refractivity contribution in [3.05, 3.63) is 42.5 Å². The van der Waals surface area contributed by atoms with E-state index in [1.165, 1.54) is 45.6 Å². The number of methoxy groups -OCH3 is 3. The molecule has 0 heterocycles. The van der Waals surface area contributed by atoms with Gasteiger partial charge in [-0.05, 0) is 24.3 Å². The van der Waals surface area contributed by atoms with Gasteiger partial charge in [0, 0.05) is 6.07 Å². The van der Waals surface area contributed by atoms with Crippen molar-refractivity contribution in [2.75, 3.05) is 21.3 Å². The van der Waals surface area contributed by atoms with E-state index in [2.05, 4.69) is 0 Å². The molecule has 0 N–H and O–H groups in total. The Morgan fingerprint density at radius 2 is 1.27 bits per heavy atom. The zero-order chi connectivity index (χ0) is 16.2. The quantitative estimate of drug-likeness (QED) is 0.760. The highest BCUT2D eigenvalue weighted by Crippen LogP contribution is 2.32. The third kappa shape index (κ3) is 3.25. The zero-order valence-electron chi connectivity index (χ0n) is 12.4. The van der Waals surface area contributed by atoms with Gasteiger partial charge in [-0.25, -0.2) is 0 Å². The Morgan fingerprint density at radius 1 is 0.727 bits per heavy atom. The third-order valence-corrected chi connectivity index (χ3v) is 4.14. The maximum atomic E-state index is 12.4. The number of benzene rings is 2. The van der Waals surface area contributed by atoms with Crippen LogP contribution in [0.1, 0.15) is 0 Å². The summed E-state index contributed by atoms with van der Waals surface area (Å²) in [5, 5.41) is 0. The molecule has 0 saturated carbocycles. The lowest BCUT2D eigenvalue weighted by molar-refractivity contribution is 0.353. The summed E-state index contributed by atoms with van der Waals surface area (Å²) in [5.74, 6) is 1.16. The summed E-state index contributed by atoms with van der Waals surface area (Å²) in [6, 6.07) is 10.7. The summed E-state index contributed by atoms with van der Waals surface area (Å²) in [4.78, 5) is -0.0453. The van der Waals surface area contributed by atoms with Crippen molar-refractivity contribution < 1.29 is 26.8 Å². The highest BCUT2D eigenvalue weighted by atomic mass is 32.2. The van der Waals surface area contributed by atoms with Crippen LogP contribution in [0.3, 0.4) is 0 Å². The second-order valence-corrected chi connectivity index (χ2v) is 5.75. The molecule has 7 heteroatoms. The smallest absolute Gasteiger partial charge is 0.339 e. The lowest BCUT2D eigenvalue weighted by Gasteiger charge is -2.12. The Labute approximate surface area is 129 Å². The summed E-state index contributed by atoms with van der Waals surface area (Å²) in [5.41, 5.74) is 0. The molecule has 0 amide bonds. The minimum Gasteiger partial charge on any atom is -0.493 e. The van der Waals surface area contributed by atoms with E-state index in [-0.39, 0.29) is 10.6 Å². The summed E-state index contributed by atoms with van der Waals surface area (Å²) in [6.07, 6.45) is 0. The van der Waals surface area contributed by atoms with Crippen LogP contribution in [0.25, 0.3) is 0 Å². The molecule has 0 bridgehead atoms. The second kappa shape index (κ2) is 6.57. The van der Waals surface area contributed by atoms with Crippen molar-refractivity contribution in [1.29, 1.82) is 0 Å². The number of hydrogen-bond donors (Lipinski definition) is 0. The fraction of sp³-hybridized carbons (Fsp3) is 0.200. The molecule has 0 aliphatic rings. The SMILES string of the molecule is COc1ccc(S(=O)(=O)Oc2ccccc2OC)cc1OC. The first-order valence-electron chi connectivity index (χ1n) is 6.31. The van der Waals surface area contributed by atoms with Gasteiger partial charge in [-0.1, -0.05) is 12.1 Å². The summed E-state index contributed by atoms with van der Waals surface area (Å²) in [7, 11) is 0.312. The van der Waals surface area contributed by atoms with E-state index in [0.717, 1.165) is 0 Å². The molecule has 2 aromatic rings. The minimum absolute atomic E-state index is 0.0453. The molecule has 2 aromatic carbocycles. The first kappa shape index (κ1) is 16.0. The first-order chi connectivity index (χ1) is 10.5. The van der Waals surface area contributed by atoms with E-state index < -0.39 is 10.1 Å². The van der Waals surface area contributed by atoms with Gasteiger partial charge < -0.3 is 18.4 Å². The minimum atomic E-state index is -4.02. The van der Waals surface area contributed by atoms with Gasteiger partial charge in [0.1, 0.15) is 4.90 Å². The average Bonchev–Trinajstić information content (AvgIpc) is 2.54. The lowest BCUT2D eigenvalue weighted by atomic mass is 10.3. The third-order valence-electron chi connectivity index (χ3n) is 2.91. The number of rotatable bonds is 6. The van der Waals surface area contributed by atoms with Crippen molar-refractivity contribution in [2.24, 2.45) is 0 Å². The summed E-state index contributed by atoms with van der Waals surface area (Å²) >= 11 is 0. The molecular weight excluding hydrogens is 308 g/mol. The molecule has 0 radical (unpaired) electrons. The van der Waals surface area contributed by atoms with Crippen molar-refractivity contribution in [3.8, 4) is 23.0 Å². The van der Waals surface area contributed by atoms with Crippen LogP contribution in [-0.2, 0) is 10.1 Å². The number of ether oxygens (including phenoxy) is 3. The van der Waals surface area contributed by atoms with E-state index in [1.807, 2.05) is 0 Å². The van der Waals surface area contributed by atoms with Crippen molar-refractivity contribution in [2.45, 2.75) is 4.90 Å². The Bertz CT molecular complexity index is 754. The highest BCUT2D eigenvalue weighted by Gasteiger charge is 2.21. The van der Waals surface area contributed by atoms with Gasteiger partial charge in [-0.15, -0.1) is 0 Å². The lowest BCUT2D eigenvalue weighted by Crippen LogP contribution is -2.10. The van der Waals surface area contributed by atoms with E-state index in [1.54, 1.807) is 18.2 Å². The molecule has 118 valence electrons. The van der Waals surface area contributed by atoms with Gasteiger partial charge >= 0.3 is 10.1 Å². The van der Waals surface area contributed by atoms with Gasteiger partial charge in [0.2, 0.25) is 0 Å². The van der Waals surface area contributed by atoms with Crippen molar-refractivity contribution in [1.82, 2.24) is 0 Å². The van der Waals surface area contributed by atoms with Gasteiger partial charge in [-0.3, -0.25) is 0 Å². The van der Waals surface area contributed by atoms with Crippen molar-refractivity contribution in [3.63, 3.8) is 0 Å². The number of para-hydroxylation sites is 2.